The lowest BCUT2D eigenvalue weighted by Gasteiger charge is -2.11. The van der Waals surface area contributed by atoms with E-state index in [0.717, 1.165) is 5.92 Å². The van der Waals surface area contributed by atoms with Crippen LogP contribution in [0.1, 0.15) is 52.9 Å². The summed E-state index contributed by atoms with van der Waals surface area (Å²) >= 11 is 0. The van der Waals surface area contributed by atoms with Gasteiger partial charge < -0.3 is 0 Å². The van der Waals surface area contributed by atoms with Crippen LogP contribution in [-0.2, 0) is 0 Å². The molecular weight excluding hydrogens is 180 g/mol. The van der Waals surface area contributed by atoms with E-state index in [4.69, 9.17) is 0 Å². The van der Waals surface area contributed by atoms with Gasteiger partial charge in [-0.15, -0.1) is 0 Å². The van der Waals surface area contributed by atoms with Crippen molar-refractivity contribution in [3.8, 4) is 0 Å². The largest absolute Gasteiger partial charge is 0.0816 e. The SMILES string of the molecule is CC1=CCCCC(C)CCC(C)=CC=C1. The molecule has 1 aliphatic rings. The molecule has 0 N–H and O–H groups in total. The molecule has 0 aromatic carbocycles. The summed E-state index contributed by atoms with van der Waals surface area (Å²) in [6, 6.07) is 0. The van der Waals surface area contributed by atoms with E-state index < -0.39 is 0 Å². The molecular formula is C15H24. The molecule has 0 amide bonds. The highest BCUT2D eigenvalue weighted by Gasteiger charge is 2.02. The maximum absolute atomic E-state index is 2.38. The van der Waals surface area contributed by atoms with Crippen LogP contribution < -0.4 is 0 Å². The van der Waals surface area contributed by atoms with Gasteiger partial charge in [0.15, 0.2) is 0 Å². The van der Waals surface area contributed by atoms with Crippen molar-refractivity contribution in [3.63, 3.8) is 0 Å². The summed E-state index contributed by atoms with van der Waals surface area (Å²) < 4.78 is 0. The Bertz CT molecular complexity index is 266. The van der Waals surface area contributed by atoms with Gasteiger partial charge >= 0.3 is 0 Å². The molecule has 0 aliphatic heterocycles. The maximum Gasteiger partial charge on any atom is -0.0317 e. The Hall–Kier alpha value is -0.780. The number of hydrogen-bond acceptors (Lipinski definition) is 0. The van der Waals surface area contributed by atoms with E-state index in [1.165, 1.54) is 43.3 Å². The molecule has 0 bridgehead atoms. The number of rotatable bonds is 0. The molecule has 0 heteroatoms. The summed E-state index contributed by atoms with van der Waals surface area (Å²) in [6.45, 7) is 6.81. The molecule has 0 saturated carbocycles. The van der Waals surface area contributed by atoms with Crippen molar-refractivity contribution in [1.29, 1.82) is 0 Å². The van der Waals surface area contributed by atoms with Gasteiger partial charge in [-0.3, -0.25) is 0 Å². The van der Waals surface area contributed by atoms with Gasteiger partial charge in [0.25, 0.3) is 0 Å². The predicted molar refractivity (Wildman–Crippen MR) is 68.9 cm³/mol. The van der Waals surface area contributed by atoms with Crippen LogP contribution in [0.25, 0.3) is 0 Å². The fourth-order valence-corrected chi connectivity index (χ4v) is 1.93. The summed E-state index contributed by atoms with van der Waals surface area (Å²) in [6.07, 6.45) is 15.6. The van der Waals surface area contributed by atoms with Crippen LogP contribution >= 0.6 is 0 Å². The van der Waals surface area contributed by atoms with Crippen molar-refractivity contribution >= 4 is 0 Å². The third kappa shape index (κ3) is 5.61. The van der Waals surface area contributed by atoms with Crippen molar-refractivity contribution in [2.75, 3.05) is 0 Å². The second-order valence-corrected chi connectivity index (χ2v) is 4.90. The van der Waals surface area contributed by atoms with Crippen LogP contribution in [0.5, 0.6) is 0 Å². The van der Waals surface area contributed by atoms with Crippen molar-refractivity contribution in [2.24, 2.45) is 5.92 Å². The Kier molecular flexibility index (Phi) is 5.45. The highest BCUT2D eigenvalue weighted by atomic mass is 14.1. The molecule has 0 nitrogen and oxygen atoms in total. The minimum absolute atomic E-state index is 0.880. The van der Waals surface area contributed by atoms with Crippen molar-refractivity contribution in [1.82, 2.24) is 0 Å². The fraction of sp³-hybridized carbons (Fsp3) is 0.600. The van der Waals surface area contributed by atoms with Crippen molar-refractivity contribution in [3.05, 3.63) is 35.5 Å². The fourth-order valence-electron chi connectivity index (χ4n) is 1.93. The van der Waals surface area contributed by atoms with E-state index >= 15 is 0 Å². The lowest BCUT2D eigenvalue weighted by Crippen LogP contribution is -1.95. The summed E-state index contributed by atoms with van der Waals surface area (Å²) in [5.74, 6) is 0.880. The van der Waals surface area contributed by atoms with Crippen LogP contribution in [0.15, 0.2) is 35.5 Å². The van der Waals surface area contributed by atoms with Gasteiger partial charge in [0.05, 0.1) is 0 Å². The zero-order valence-corrected chi connectivity index (χ0v) is 10.4. The highest BCUT2D eigenvalue weighted by Crippen LogP contribution is 2.18. The topological polar surface area (TPSA) is 0 Å². The second kappa shape index (κ2) is 6.66. The Morgan fingerprint density at radius 1 is 1.20 bits per heavy atom. The first-order valence-corrected chi connectivity index (χ1v) is 6.19. The molecule has 0 fully saturated rings. The van der Waals surface area contributed by atoms with Gasteiger partial charge in [0.1, 0.15) is 0 Å². The van der Waals surface area contributed by atoms with E-state index in [9.17, 15) is 0 Å². The Balaban J connectivity index is 2.64. The van der Waals surface area contributed by atoms with E-state index in [1.807, 2.05) is 0 Å². The first-order chi connectivity index (χ1) is 7.18. The van der Waals surface area contributed by atoms with Crippen LogP contribution in [-0.4, -0.2) is 0 Å². The zero-order chi connectivity index (χ0) is 11.1. The van der Waals surface area contributed by atoms with Gasteiger partial charge in [-0.05, 0) is 45.4 Å². The smallest absolute Gasteiger partial charge is 0.0317 e. The molecule has 15 heavy (non-hydrogen) atoms. The number of hydrogen-bond donors (Lipinski definition) is 0. The minimum Gasteiger partial charge on any atom is -0.0816 e. The van der Waals surface area contributed by atoms with Crippen LogP contribution in [0.3, 0.4) is 0 Å². The second-order valence-electron chi connectivity index (χ2n) is 4.90. The summed E-state index contributed by atoms with van der Waals surface area (Å²) in [5.41, 5.74) is 2.90. The monoisotopic (exact) mass is 204 g/mol. The van der Waals surface area contributed by atoms with Crippen LogP contribution in [0.4, 0.5) is 0 Å². The molecule has 1 unspecified atom stereocenters. The van der Waals surface area contributed by atoms with Gasteiger partial charge in [-0.25, -0.2) is 0 Å². The summed E-state index contributed by atoms with van der Waals surface area (Å²) in [7, 11) is 0. The third-order valence-corrected chi connectivity index (χ3v) is 3.14. The van der Waals surface area contributed by atoms with E-state index in [-0.39, 0.29) is 0 Å². The van der Waals surface area contributed by atoms with Gasteiger partial charge in [-0.2, -0.15) is 0 Å². The molecule has 84 valence electrons. The number of allylic oxidation sites excluding steroid dienone is 6. The first kappa shape index (κ1) is 12.3. The lowest BCUT2D eigenvalue weighted by atomic mass is 9.95. The molecule has 0 saturated heterocycles. The normalized spacial score (nSPS) is 24.9. The average Bonchev–Trinajstić information content (AvgIpc) is 2.20. The molecule has 1 atom stereocenters. The highest BCUT2D eigenvalue weighted by molar-refractivity contribution is 5.22. The molecule has 1 rings (SSSR count). The van der Waals surface area contributed by atoms with Crippen molar-refractivity contribution < 1.29 is 0 Å². The molecule has 0 radical (unpaired) electrons. The van der Waals surface area contributed by atoms with Crippen molar-refractivity contribution in [2.45, 2.75) is 52.9 Å². The maximum atomic E-state index is 2.38. The van der Waals surface area contributed by atoms with E-state index in [0.29, 0.717) is 0 Å². The minimum atomic E-state index is 0.880. The van der Waals surface area contributed by atoms with E-state index in [2.05, 4.69) is 45.1 Å². The molecule has 0 aromatic rings. The molecule has 0 heterocycles. The standard InChI is InChI=1S/C15H24/c1-13-7-4-5-8-14(2)11-12-15(3)10-6-9-13/h6-7,9-10,14H,4-5,8,11-12H2,1-3H3. The van der Waals surface area contributed by atoms with Gasteiger partial charge in [0.2, 0.25) is 0 Å². The van der Waals surface area contributed by atoms with Crippen LogP contribution in [0, 0.1) is 5.92 Å². The van der Waals surface area contributed by atoms with Crippen LogP contribution in [0.2, 0.25) is 0 Å². The lowest BCUT2D eigenvalue weighted by molar-refractivity contribution is 0.476. The first-order valence-electron chi connectivity index (χ1n) is 6.19. The molecule has 0 spiro atoms. The predicted octanol–water partition coefficient (Wildman–Crippen LogP) is 5.04. The van der Waals surface area contributed by atoms with E-state index in [1.54, 1.807) is 0 Å². The Morgan fingerprint density at radius 2 is 2.00 bits per heavy atom. The zero-order valence-electron chi connectivity index (χ0n) is 10.4. The Labute approximate surface area is 94.8 Å². The Morgan fingerprint density at radius 3 is 2.80 bits per heavy atom. The summed E-state index contributed by atoms with van der Waals surface area (Å²) in [5, 5.41) is 0. The molecule has 0 aromatic heterocycles. The molecule has 1 aliphatic carbocycles. The quantitative estimate of drug-likeness (QED) is 0.519. The average molecular weight is 204 g/mol. The third-order valence-electron chi connectivity index (χ3n) is 3.14. The van der Waals surface area contributed by atoms with Gasteiger partial charge in [-0.1, -0.05) is 48.8 Å². The summed E-state index contributed by atoms with van der Waals surface area (Å²) in [4.78, 5) is 0. The van der Waals surface area contributed by atoms with Gasteiger partial charge in [0, 0.05) is 0 Å².